The molecule has 0 aliphatic heterocycles. The van der Waals surface area contributed by atoms with Crippen LogP contribution in [0.5, 0.6) is 0 Å². The van der Waals surface area contributed by atoms with Gasteiger partial charge in [0.2, 0.25) is 0 Å². The maximum absolute atomic E-state index is 12.1. The van der Waals surface area contributed by atoms with Gasteiger partial charge in [0.15, 0.2) is 9.84 Å². The first-order valence-electron chi connectivity index (χ1n) is 7.25. The highest BCUT2D eigenvalue weighted by Gasteiger charge is 2.21. The van der Waals surface area contributed by atoms with Crippen molar-refractivity contribution in [3.05, 3.63) is 53.4 Å². The van der Waals surface area contributed by atoms with Crippen molar-refractivity contribution in [2.45, 2.75) is 29.7 Å². The molecule has 2 N–H and O–H groups in total. The normalized spacial score (nSPS) is 14.6. The first-order valence-corrected chi connectivity index (χ1v) is 9.78. The van der Waals surface area contributed by atoms with E-state index in [0.717, 1.165) is 12.0 Å². The highest BCUT2D eigenvalue weighted by atomic mass is 32.2. The van der Waals surface area contributed by atoms with Crippen molar-refractivity contribution in [1.29, 1.82) is 0 Å². The van der Waals surface area contributed by atoms with Crippen molar-refractivity contribution in [2.24, 2.45) is 0 Å². The summed E-state index contributed by atoms with van der Waals surface area (Å²) in [5.74, 6) is -0.258. The lowest BCUT2D eigenvalue weighted by Crippen LogP contribution is -2.34. The molecule has 0 saturated heterocycles. The van der Waals surface area contributed by atoms with E-state index < -0.39 is 15.9 Å². The third kappa shape index (κ3) is 4.64. The Kier molecular flexibility index (Phi) is 6.14. The highest BCUT2D eigenvalue weighted by molar-refractivity contribution is 7.93. The second-order valence-corrected chi connectivity index (χ2v) is 8.36. The number of sulfone groups is 1. The Hall–Kier alpha value is -1.21. The summed E-state index contributed by atoms with van der Waals surface area (Å²) < 4.78 is 24.5. The molecule has 1 aromatic carbocycles. The SMILES string of the molecule is CCC(NCC(O)CS(=O)(=O)c1cccs1)c1ccccc1. The predicted molar refractivity (Wildman–Crippen MR) is 89.9 cm³/mol. The van der Waals surface area contributed by atoms with Crippen LogP contribution in [0.2, 0.25) is 0 Å². The summed E-state index contributed by atoms with van der Waals surface area (Å²) in [6.45, 7) is 2.30. The molecule has 0 bridgehead atoms. The molecule has 0 aliphatic rings. The van der Waals surface area contributed by atoms with Gasteiger partial charge in [-0.1, -0.05) is 43.3 Å². The van der Waals surface area contributed by atoms with Crippen LogP contribution in [-0.2, 0) is 9.84 Å². The van der Waals surface area contributed by atoms with Crippen LogP contribution in [0.1, 0.15) is 24.9 Å². The summed E-state index contributed by atoms with van der Waals surface area (Å²) >= 11 is 1.18. The fourth-order valence-corrected chi connectivity index (χ4v) is 4.78. The number of rotatable bonds is 8. The minimum Gasteiger partial charge on any atom is -0.391 e. The lowest BCUT2D eigenvalue weighted by molar-refractivity contribution is 0.188. The fraction of sp³-hybridized carbons (Fsp3) is 0.375. The molecule has 2 rings (SSSR count). The number of hydrogen-bond donors (Lipinski definition) is 2. The van der Waals surface area contributed by atoms with Gasteiger partial charge in [0, 0.05) is 12.6 Å². The molecule has 22 heavy (non-hydrogen) atoms. The molecular formula is C16H21NO3S2. The monoisotopic (exact) mass is 339 g/mol. The highest BCUT2D eigenvalue weighted by Crippen LogP contribution is 2.19. The molecule has 0 saturated carbocycles. The number of thiophene rings is 1. The Balaban J connectivity index is 1.91. The van der Waals surface area contributed by atoms with E-state index in [2.05, 4.69) is 12.2 Å². The molecule has 0 fully saturated rings. The van der Waals surface area contributed by atoms with Gasteiger partial charge in [0.1, 0.15) is 4.21 Å². The standard InChI is InChI=1S/C16H21NO3S2/c1-2-15(13-7-4-3-5-8-13)17-11-14(18)12-22(19,20)16-9-6-10-21-16/h3-10,14-15,17-18H,2,11-12H2,1H3. The molecule has 6 heteroatoms. The van der Waals surface area contributed by atoms with E-state index in [1.54, 1.807) is 17.5 Å². The Bertz CT molecular complexity index is 654. The van der Waals surface area contributed by atoms with Crippen LogP contribution in [-0.4, -0.2) is 31.9 Å². The first kappa shape index (κ1) is 17.1. The molecule has 1 aromatic heterocycles. The lowest BCUT2D eigenvalue weighted by atomic mass is 10.0. The summed E-state index contributed by atoms with van der Waals surface area (Å²) in [5, 5.41) is 15.0. The zero-order chi connectivity index (χ0) is 16.0. The van der Waals surface area contributed by atoms with Crippen molar-refractivity contribution >= 4 is 21.2 Å². The smallest absolute Gasteiger partial charge is 0.190 e. The largest absolute Gasteiger partial charge is 0.391 e. The third-order valence-corrected chi connectivity index (χ3v) is 6.71. The van der Waals surface area contributed by atoms with Crippen LogP contribution in [0, 0.1) is 0 Å². The first-order chi connectivity index (χ1) is 10.5. The lowest BCUT2D eigenvalue weighted by Gasteiger charge is -2.19. The molecule has 2 aromatic rings. The van der Waals surface area contributed by atoms with Gasteiger partial charge in [-0.05, 0) is 23.4 Å². The van der Waals surface area contributed by atoms with Crippen molar-refractivity contribution in [3.63, 3.8) is 0 Å². The summed E-state index contributed by atoms with van der Waals surface area (Å²) in [7, 11) is -3.41. The topological polar surface area (TPSA) is 66.4 Å². The Morgan fingerprint density at radius 1 is 1.18 bits per heavy atom. The average Bonchev–Trinajstić information content (AvgIpc) is 3.03. The zero-order valence-corrected chi connectivity index (χ0v) is 14.1. The number of benzene rings is 1. The molecule has 120 valence electrons. The minimum atomic E-state index is -3.41. The van der Waals surface area contributed by atoms with E-state index in [0.29, 0.717) is 4.21 Å². The number of aliphatic hydroxyl groups excluding tert-OH is 1. The van der Waals surface area contributed by atoms with E-state index in [-0.39, 0.29) is 18.3 Å². The summed E-state index contributed by atoms with van der Waals surface area (Å²) in [4.78, 5) is 0. The van der Waals surface area contributed by atoms with E-state index in [4.69, 9.17) is 0 Å². The van der Waals surface area contributed by atoms with Gasteiger partial charge in [-0.15, -0.1) is 11.3 Å². The average molecular weight is 339 g/mol. The van der Waals surface area contributed by atoms with Crippen molar-refractivity contribution in [3.8, 4) is 0 Å². The second kappa shape index (κ2) is 7.87. The Morgan fingerprint density at radius 3 is 2.50 bits per heavy atom. The van der Waals surface area contributed by atoms with Crippen LogP contribution < -0.4 is 5.32 Å². The minimum absolute atomic E-state index is 0.111. The molecule has 2 atom stereocenters. The number of nitrogens with one attached hydrogen (secondary N) is 1. The Morgan fingerprint density at radius 2 is 1.91 bits per heavy atom. The van der Waals surface area contributed by atoms with Gasteiger partial charge in [0.05, 0.1) is 11.9 Å². The molecular weight excluding hydrogens is 318 g/mol. The van der Waals surface area contributed by atoms with E-state index >= 15 is 0 Å². The van der Waals surface area contributed by atoms with Crippen LogP contribution in [0.25, 0.3) is 0 Å². The van der Waals surface area contributed by atoms with Crippen LogP contribution in [0.4, 0.5) is 0 Å². The number of aliphatic hydroxyl groups is 1. The third-order valence-electron chi connectivity index (χ3n) is 3.42. The molecule has 4 nitrogen and oxygen atoms in total. The van der Waals surface area contributed by atoms with Crippen LogP contribution in [0.3, 0.4) is 0 Å². The summed E-state index contributed by atoms with van der Waals surface area (Å²) in [6, 6.07) is 13.3. The van der Waals surface area contributed by atoms with E-state index in [1.807, 2.05) is 30.3 Å². The fourth-order valence-electron chi connectivity index (χ4n) is 2.30. The van der Waals surface area contributed by atoms with Crippen molar-refractivity contribution < 1.29 is 13.5 Å². The molecule has 0 aliphatic carbocycles. The van der Waals surface area contributed by atoms with Gasteiger partial charge in [-0.2, -0.15) is 0 Å². The summed E-state index contributed by atoms with van der Waals surface area (Å²) in [5.41, 5.74) is 1.14. The van der Waals surface area contributed by atoms with Gasteiger partial charge >= 0.3 is 0 Å². The molecule has 0 amide bonds. The van der Waals surface area contributed by atoms with E-state index in [9.17, 15) is 13.5 Å². The summed E-state index contributed by atoms with van der Waals surface area (Å²) in [6.07, 6.45) is -0.0566. The van der Waals surface area contributed by atoms with Gasteiger partial charge < -0.3 is 10.4 Å². The molecule has 2 unspecified atom stereocenters. The molecule has 0 spiro atoms. The van der Waals surface area contributed by atoms with Crippen LogP contribution >= 0.6 is 11.3 Å². The molecule has 0 radical (unpaired) electrons. The zero-order valence-electron chi connectivity index (χ0n) is 12.5. The quantitative estimate of drug-likeness (QED) is 0.776. The molecule has 1 heterocycles. The Labute approximate surface area is 135 Å². The van der Waals surface area contributed by atoms with Crippen molar-refractivity contribution in [2.75, 3.05) is 12.3 Å². The maximum atomic E-state index is 12.1. The van der Waals surface area contributed by atoms with Crippen molar-refractivity contribution in [1.82, 2.24) is 5.32 Å². The van der Waals surface area contributed by atoms with Gasteiger partial charge in [-0.3, -0.25) is 0 Å². The number of hydrogen-bond acceptors (Lipinski definition) is 5. The second-order valence-electron chi connectivity index (χ2n) is 5.15. The predicted octanol–water partition coefficient (Wildman–Crippen LogP) is 2.62. The maximum Gasteiger partial charge on any atom is 0.190 e. The van der Waals surface area contributed by atoms with Gasteiger partial charge in [-0.25, -0.2) is 8.42 Å². The van der Waals surface area contributed by atoms with E-state index in [1.165, 1.54) is 11.3 Å². The van der Waals surface area contributed by atoms with Crippen LogP contribution in [0.15, 0.2) is 52.1 Å². The van der Waals surface area contributed by atoms with Gasteiger partial charge in [0.25, 0.3) is 0 Å².